The molecule has 0 aromatic carbocycles. The first-order valence-electron chi connectivity index (χ1n) is 12.7. The quantitative estimate of drug-likeness (QED) is 0.165. The normalized spacial score (nSPS) is 27.3. The Morgan fingerprint density at radius 2 is 1.72 bits per heavy atom. The molecule has 3 heterocycles. The fourth-order valence-corrected chi connectivity index (χ4v) is 7.14. The van der Waals surface area contributed by atoms with Crippen LogP contribution in [0.15, 0.2) is 18.5 Å². The van der Waals surface area contributed by atoms with Crippen molar-refractivity contribution in [1.29, 1.82) is 5.26 Å². The van der Waals surface area contributed by atoms with E-state index in [0.29, 0.717) is 5.52 Å². The van der Waals surface area contributed by atoms with E-state index in [2.05, 4.69) is 29.7 Å². The number of anilines is 1. The number of nitrogens with zero attached hydrogens (tertiary/aromatic N) is 4. The number of rotatable bonds is 11. The largest absolute Gasteiger partial charge is 0.468 e. The zero-order valence-corrected chi connectivity index (χ0v) is 24.8. The molecule has 232 valence electrons. The number of methoxy groups -OCH3 is 2. The summed E-state index contributed by atoms with van der Waals surface area (Å²) in [6.45, 7) is 4.74. The lowest BCUT2D eigenvalue weighted by Gasteiger charge is -2.30. The Morgan fingerprint density at radius 1 is 1.12 bits per heavy atom. The van der Waals surface area contributed by atoms with Crippen molar-refractivity contribution in [3.8, 4) is 6.07 Å². The number of fused-ring (bicyclic) bond motifs is 2. The number of nitrogens with one attached hydrogen (secondary N) is 2. The van der Waals surface area contributed by atoms with E-state index in [9.17, 15) is 29.0 Å². The Hall–Kier alpha value is -4.14. The lowest BCUT2D eigenvalue weighted by Crippen LogP contribution is -2.45. The second kappa shape index (κ2) is 11.5. The van der Waals surface area contributed by atoms with Gasteiger partial charge in [-0.3, -0.25) is 28.3 Å². The van der Waals surface area contributed by atoms with Gasteiger partial charge in [0.15, 0.2) is 18.0 Å². The smallest absolute Gasteiger partial charge is 0.342 e. The Balaban J connectivity index is 1.81. The zero-order valence-electron chi connectivity index (χ0n) is 23.9. The van der Waals surface area contributed by atoms with Crippen LogP contribution in [0.3, 0.4) is 0 Å². The van der Waals surface area contributed by atoms with Crippen LogP contribution in [0.2, 0.25) is 0 Å². The van der Waals surface area contributed by atoms with Gasteiger partial charge in [0.25, 0.3) is 0 Å². The number of nitrogens with two attached hydrogens (primary N) is 1. The molecule has 2 aromatic heterocycles. The second-order valence-electron chi connectivity index (χ2n) is 9.79. The molecule has 4 rings (SSSR count). The van der Waals surface area contributed by atoms with Gasteiger partial charge in [-0.25, -0.2) is 19.7 Å². The summed E-state index contributed by atoms with van der Waals surface area (Å²) in [7, 11) is -2.35. The Morgan fingerprint density at radius 3 is 2.23 bits per heavy atom. The third kappa shape index (κ3) is 5.30. The summed E-state index contributed by atoms with van der Waals surface area (Å²) in [6, 6.07) is 2.51. The van der Waals surface area contributed by atoms with Crippen molar-refractivity contribution >= 4 is 42.9 Å². The highest BCUT2D eigenvalue weighted by Gasteiger charge is 2.95. The minimum atomic E-state index is -4.55. The van der Waals surface area contributed by atoms with Crippen LogP contribution < -0.4 is 15.9 Å². The number of hydrogen-bond donors (Lipinski definition) is 3. The summed E-state index contributed by atoms with van der Waals surface area (Å²) in [5.74, 6) is -3.31. The Labute approximate surface area is 244 Å². The van der Waals surface area contributed by atoms with Crippen molar-refractivity contribution < 1.29 is 52.0 Å². The molecule has 2 fully saturated rings. The number of carbonyl (C=O) groups excluding carboxylic acids is 4. The van der Waals surface area contributed by atoms with Crippen LogP contribution in [-0.2, 0) is 52.0 Å². The Kier molecular flexibility index (Phi) is 8.51. The molecule has 4 N–H and O–H groups in total. The van der Waals surface area contributed by atoms with Crippen molar-refractivity contribution in [2.24, 2.45) is 0 Å². The molecule has 2 aromatic rings. The molecular formula is C24H30N7O11P. The predicted molar refractivity (Wildman–Crippen MR) is 141 cm³/mol. The van der Waals surface area contributed by atoms with Gasteiger partial charge in [0.1, 0.15) is 36.1 Å². The van der Waals surface area contributed by atoms with Gasteiger partial charge < -0.3 is 29.4 Å². The maximum Gasteiger partial charge on any atom is 0.342 e. The standard InChI is InChI=1S/C24H30N7O11P/c1-11(20(34)37-5)29-43(36,30-12(2)21(35)38-6)42-22-23(9-25)24(22,40-14(4)33)18(39-13(3)32)17(41-23)15-7-8-16-19(26)27-10-28-31(15)16/h7-8,10-12,17-18,22H,1-6H3,(H2,26,27,28)(H2,29,30,36)/t11-,12-,17-,18-,22?,23+,24+/m0/s1. The van der Waals surface area contributed by atoms with Gasteiger partial charge in [0, 0.05) is 13.8 Å². The van der Waals surface area contributed by atoms with Gasteiger partial charge >= 0.3 is 31.5 Å². The molecule has 1 saturated heterocycles. The summed E-state index contributed by atoms with van der Waals surface area (Å²) < 4.78 is 48.2. The molecule has 19 heteroatoms. The number of nitriles is 1. The van der Waals surface area contributed by atoms with Crippen molar-refractivity contribution in [3.05, 3.63) is 24.2 Å². The third-order valence-corrected chi connectivity index (χ3v) is 8.89. The van der Waals surface area contributed by atoms with E-state index < -0.39 is 73.1 Å². The van der Waals surface area contributed by atoms with Gasteiger partial charge in [-0.2, -0.15) is 10.4 Å². The molecule has 7 atom stereocenters. The van der Waals surface area contributed by atoms with Crippen LogP contribution in [0.25, 0.3) is 5.52 Å². The van der Waals surface area contributed by atoms with Gasteiger partial charge in [0.05, 0.1) is 19.9 Å². The molecule has 0 bridgehead atoms. The number of ether oxygens (including phenoxy) is 5. The second-order valence-corrected chi connectivity index (χ2v) is 11.6. The summed E-state index contributed by atoms with van der Waals surface area (Å²) in [6.07, 6.45) is -3.32. The van der Waals surface area contributed by atoms with E-state index in [1.54, 1.807) is 12.1 Å². The molecule has 0 amide bonds. The molecule has 2 aliphatic rings. The number of hydrogen-bond acceptors (Lipinski definition) is 15. The molecule has 0 spiro atoms. The van der Waals surface area contributed by atoms with Crippen molar-refractivity contribution in [2.45, 2.75) is 69.3 Å². The van der Waals surface area contributed by atoms with Gasteiger partial charge in [-0.15, -0.1) is 0 Å². The van der Waals surface area contributed by atoms with Crippen molar-refractivity contribution in [3.63, 3.8) is 0 Å². The lowest BCUT2D eigenvalue weighted by atomic mass is 10.0. The molecule has 1 saturated carbocycles. The van der Waals surface area contributed by atoms with E-state index in [-0.39, 0.29) is 11.5 Å². The molecule has 18 nitrogen and oxygen atoms in total. The number of esters is 4. The van der Waals surface area contributed by atoms with E-state index in [1.807, 2.05) is 6.07 Å². The first-order valence-corrected chi connectivity index (χ1v) is 14.4. The van der Waals surface area contributed by atoms with Crippen LogP contribution in [-0.4, -0.2) is 88.2 Å². The summed E-state index contributed by atoms with van der Waals surface area (Å²) in [5, 5.41) is 19.5. The molecule has 1 aliphatic carbocycles. The molecule has 1 aliphatic heterocycles. The monoisotopic (exact) mass is 623 g/mol. The fourth-order valence-electron chi connectivity index (χ4n) is 5.11. The topological polar surface area (TPSA) is 245 Å². The van der Waals surface area contributed by atoms with E-state index in [0.717, 1.165) is 28.1 Å². The average Bonchev–Trinajstić information content (AvgIpc) is 3.21. The first kappa shape index (κ1) is 31.8. The number of carbonyl (C=O) groups is 4. The van der Waals surface area contributed by atoms with Crippen LogP contribution in [0.5, 0.6) is 0 Å². The maximum absolute atomic E-state index is 14.2. The van der Waals surface area contributed by atoms with Gasteiger partial charge in [0.2, 0.25) is 11.2 Å². The highest BCUT2D eigenvalue weighted by Crippen LogP contribution is 2.70. The highest BCUT2D eigenvalue weighted by atomic mass is 31.2. The highest BCUT2D eigenvalue weighted by molar-refractivity contribution is 7.54. The molecule has 1 unspecified atom stereocenters. The summed E-state index contributed by atoms with van der Waals surface area (Å²) in [4.78, 5) is 53.0. The minimum Gasteiger partial charge on any atom is -0.468 e. The SMILES string of the molecule is COC(=O)[C@H](C)NP(=O)(N[C@@H](C)C(=O)OC)OC1[C@@]2(C#N)O[C@@H](c3ccc4c(N)ncnn34)[C@H](OC(C)=O)[C@@]12OC(C)=O. The van der Waals surface area contributed by atoms with Crippen LogP contribution in [0.4, 0.5) is 5.82 Å². The van der Waals surface area contributed by atoms with E-state index in [4.69, 9.17) is 24.5 Å². The molecule has 43 heavy (non-hydrogen) atoms. The van der Waals surface area contributed by atoms with Gasteiger partial charge in [-0.1, -0.05) is 0 Å². The zero-order chi connectivity index (χ0) is 31.9. The average molecular weight is 624 g/mol. The lowest BCUT2D eigenvalue weighted by molar-refractivity contribution is -0.174. The van der Waals surface area contributed by atoms with Gasteiger partial charge in [-0.05, 0) is 26.0 Å². The Bertz CT molecular complexity index is 1530. The predicted octanol–water partition coefficient (Wildman–Crippen LogP) is -0.312. The van der Waals surface area contributed by atoms with E-state index in [1.165, 1.54) is 24.7 Å². The molecular weight excluding hydrogens is 593 g/mol. The number of nitrogen functional groups attached to an aromatic ring is 1. The maximum atomic E-state index is 14.2. The minimum absolute atomic E-state index is 0.122. The summed E-state index contributed by atoms with van der Waals surface area (Å²) >= 11 is 0. The fraction of sp³-hybridized carbons (Fsp3) is 0.542. The van der Waals surface area contributed by atoms with Crippen molar-refractivity contribution in [2.75, 3.05) is 20.0 Å². The van der Waals surface area contributed by atoms with Crippen molar-refractivity contribution in [1.82, 2.24) is 24.8 Å². The van der Waals surface area contributed by atoms with E-state index >= 15 is 0 Å². The first-order chi connectivity index (χ1) is 20.2. The molecule has 0 radical (unpaired) electrons. The van der Waals surface area contributed by atoms with Crippen LogP contribution in [0, 0.1) is 11.3 Å². The van der Waals surface area contributed by atoms with Crippen LogP contribution in [0.1, 0.15) is 39.5 Å². The van der Waals surface area contributed by atoms with Crippen LogP contribution >= 0.6 is 7.67 Å². The number of aromatic nitrogens is 3. The summed E-state index contributed by atoms with van der Waals surface area (Å²) in [5.41, 5.74) is 2.20. The third-order valence-electron chi connectivity index (χ3n) is 6.93.